The lowest BCUT2D eigenvalue weighted by Crippen LogP contribution is -2.27. The molecule has 1 N–H and O–H groups in total. The predicted octanol–water partition coefficient (Wildman–Crippen LogP) is 3.58. The van der Waals surface area contributed by atoms with Gasteiger partial charge in [-0.1, -0.05) is 19.9 Å². The molecule has 104 valence electrons. The van der Waals surface area contributed by atoms with Crippen molar-refractivity contribution in [2.45, 2.75) is 27.7 Å². The molecule has 0 aliphatic heterocycles. The molecule has 0 aromatic heterocycles. The van der Waals surface area contributed by atoms with E-state index in [4.69, 9.17) is 5.11 Å². The van der Waals surface area contributed by atoms with Crippen LogP contribution in [0.15, 0.2) is 24.3 Å². The van der Waals surface area contributed by atoms with Gasteiger partial charge in [0.05, 0.1) is 0 Å². The Hall–Kier alpha value is -1.77. The summed E-state index contributed by atoms with van der Waals surface area (Å²) in [5, 5.41) is 8.65. The van der Waals surface area contributed by atoms with Gasteiger partial charge >= 0.3 is 5.97 Å². The topological polar surface area (TPSA) is 40.5 Å². The molecule has 1 aromatic carbocycles. The van der Waals surface area contributed by atoms with Crippen LogP contribution in [0.25, 0.3) is 6.08 Å². The monoisotopic (exact) mass is 261 g/mol. The lowest BCUT2D eigenvalue weighted by Gasteiger charge is -2.25. The zero-order valence-electron chi connectivity index (χ0n) is 12.2. The molecule has 0 atom stereocenters. The average molecular weight is 261 g/mol. The van der Waals surface area contributed by atoms with Crippen LogP contribution in [0.3, 0.4) is 0 Å². The zero-order valence-corrected chi connectivity index (χ0v) is 12.2. The van der Waals surface area contributed by atoms with Crippen LogP contribution in [-0.2, 0) is 4.79 Å². The smallest absolute Gasteiger partial charge is 0.328 e. The Labute approximate surface area is 115 Å². The zero-order chi connectivity index (χ0) is 14.4. The summed E-state index contributed by atoms with van der Waals surface area (Å²) in [5.74, 6) is -0.301. The van der Waals surface area contributed by atoms with E-state index in [1.165, 1.54) is 11.8 Å². The van der Waals surface area contributed by atoms with Gasteiger partial charge in [-0.25, -0.2) is 4.79 Å². The number of hydrogen-bond acceptors (Lipinski definition) is 2. The van der Waals surface area contributed by atoms with Gasteiger partial charge in [-0.3, -0.25) is 0 Å². The number of carboxylic acid groups (broad SMARTS) is 1. The van der Waals surface area contributed by atoms with Gasteiger partial charge in [0.25, 0.3) is 0 Å². The van der Waals surface area contributed by atoms with Gasteiger partial charge in [0, 0.05) is 24.9 Å². The maximum absolute atomic E-state index is 10.5. The summed E-state index contributed by atoms with van der Waals surface area (Å²) >= 11 is 0. The van der Waals surface area contributed by atoms with Crippen LogP contribution >= 0.6 is 0 Å². The minimum Gasteiger partial charge on any atom is -0.478 e. The van der Waals surface area contributed by atoms with E-state index in [1.807, 2.05) is 13.0 Å². The third-order valence-electron chi connectivity index (χ3n) is 2.99. The standard InChI is InChI=1S/C16H23NO2/c1-5-17(11-12(2)3)15-8-6-14(13(4)10-15)7-9-16(18)19/h6-10,12H,5,11H2,1-4H3,(H,18,19). The highest BCUT2D eigenvalue weighted by molar-refractivity contribution is 5.85. The molecule has 0 unspecified atom stereocenters. The first-order chi connectivity index (χ1) is 8.93. The Morgan fingerprint density at radius 2 is 2.11 bits per heavy atom. The molecule has 0 fully saturated rings. The summed E-state index contributed by atoms with van der Waals surface area (Å²) in [5.41, 5.74) is 3.24. The van der Waals surface area contributed by atoms with Gasteiger partial charge in [-0.05, 0) is 49.1 Å². The number of aliphatic carboxylic acids is 1. The number of anilines is 1. The first kappa shape index (κ1) is 15.3. The molecule has 0 bridgehead atoms. The van der Waals surface area contributed by atoms with Gasteiger partial charge < -0.3 is 10.0 Å². The first-order valence-electron chi connectivity index (χ1n) is 6.70. The maximum atomic E-state index is 10.5. The molecule has 3 nitrogen and oxygen atoms in total. The van der Waals surface area contributed by atoms with Crippen molar-refractivity contribution in [2.75, 3.05) is 18.0 Å². The Bertz CT molecular complexity index is 464. The largest absolute Gasteiger partial charge is 0.478 e. The van der Waals surface area contributed by atoms with Gasteiger partial charge in [0.15, 0.2) is 0 Å². The van der Waals surface area contributed by atoms with Crippen molar-refractivity contribution in [3.63, 3.8) is 0 Å². The van der Waals surface area contributed by atoms with E-state index < -0.39 is 5.97 Å². The van der Waals surface area contributed by atoms with Crippen molar-refractivity contribution < 1.29 is 9.90 Å². The van der Waals surface area contributed by atoms with Gasteiger partial charge in [-0.2, -0.15) is 0 Å². The third kappa shape index (κ3) is 4.78. The molecule has 3 heteroatoms. The van der Waals surface area contributed by atoms with Crippen molar-refractivity contribution in [1.29, 1.82) is 0 Å². The Morgan fingerprint density at radius 3 is 2.58 bits per heavy atom. The number of rotatable bonds is 6. The Balaban J connectivity index is 2.94. The van der Waals surface area contributed by atoms with Crippen LogP contribution in [0.5, 0.6) is 0 Å². The van der Waals surface area contributed by atoms with Gasteiger partial charge in [0.1, 0.15) is 0 Å². The minimum absolute atomic E-state index is 0.617. The number of carbonyl (C=O) groups is 1. The summed E-state index contributed by atoms with van der Waals surface area (Å²) in [6.45, 7) is 10.6. The Kier molecular flexibility index (Phi) is 5.61. The van der Waals surface area contributed by atoms with E-state index in [9.17, 15) is 4.79 Å². The summed E-state index contributed by atoms with van der Waals surface area (Å²) in [4.78, 5) is 12.9. The number of hydrogen-bond donors (Lipinski definition) is 1. The first-order valence-corrected chi connectivity index (χ1v) is 6.70. The highest BCUT2D eigenvalue weighted by atomic mass is 16.4. The van der Waals surface area contributed by atoms with E-state index >= 15 is 0 Å². The Morgan fingerprint density at radius 1 is 1.42 bits per heavy atom. The molecule has 0 heterocycles. The fraction of sp³-hybridized carbons (Fsp3) is 0.438. The van der Waals surface area contributed by atoms with Gasteiger partial charge in [0.2, 0.25) is 0 Å². The lowest BCUT2D eigenvalue weighted by atomic mass is 10.1. The third-order valence-corrected chi connectivity index (χ3v) is 2.99. The maximum Gasteiger partial charge on any atom is 0.328 e. The average Bonchev–Trinajstić information content (AvgIpc) is 2.34. The molecule has 0 spiro atoms. The summed E-state index contributed by atoms with van der Waals surface area (Å²) in [6.07, 6.45) is 2.81. The number of carboxylic acids is 1. The van der Waals surface area contributed by atoms with E-state index in [-0.39, 0.29) is 0 Å². The van der Waals surface area contributed by atoms with Crippen LogP contribution in [-0.4, -0.2) is 24.2 Å². The molecule has 1 rings (SSSR count). The number of nitrogens with zero attached hydrogens (tertiary/aromatic N) is 1. The molecular formula is C16H23NO2. The molecule has 0 radical (unpaired) electrons. The van der Waals surface area contributed by atoms with Crippen molar-refractivity contribution in [3.8, 4) is 0 Å². The predicted molar refractivity (Wildman–Crippen MR) is 80.6 cm³/mol. The fourth-order valence-corrected chi connectivity index (χ4v) is 2.06. The van der Waals surface area contributed by atoms with Crippen molar-refractivity contribution >= 4 is 17.7 Å². The van der Waals surface area contributed by atoms with E-state index in [1.54, 1.807) is 6.08 Å². The van der Waals surface area contributed by atoms with Crippen LogP contribution in [0.1, 0.15) is 31.9 Å². The van der Waals surface area contributed by atoms with E-state index in [2.05, 4.69) is 37.8 Å². The molecule has 1 aromatic rings. The number of benzene rings is 1. The lowest BCUT2D eigenvalue weighted by molar-refractivity contribution is -0.131. The van der Waals surface area contributed by atoms with Crippen LogP contribution in [0.2, 0.25) is 0 Å². The summed E-state index contributed by atoms with van der Waals surface area (Å²) in [6, 6.07) is 6.15. The SMILES string of the molecule is CCN(CC(C)C)c1ccc(C=CC(=O)O)c(C)c1. The fourth-order valence-electron chi connectivity index (χ4n) is 2.06. The minimum atomic E-state index is -0.918. The molecule has 0 aliphatic rings. The summed E-state index contributed by atoms with van der Waals surface area (Å²) in [7, 11) is 0. The van der Waals surface area contributed by atoms with Crippen LogP contribution in [0.4, 0.5) is 5.69 Å². The quantitative estimate of drug-likeness (QED) is 0.796. The second-order valence-electron chi connectivity index (χ2n) is 5.14. The van der Waals surface area contributed by atoms with Crippen molar-refractivity contribution in [2.24, 2.45) is 5.92 Å². The molecule has 0 saturated carbocycles. The highest BCUT2D eigenvalue weighted by Gasteiger charge is 2.07. The second kappa shape index (κ2) is 6.98. The van der Waals surface area contributed by atoms with Crippen LogP contribution in [0, 0.1) is 12.8 Å². The second-order valence-corrected chi connectivity index (χ2v) is 5.14. The van der Waals surface area contributed by atoms with E-state index in [0.29, 0.717) is 5.92 Å². The highest BCUT2D eigenvalue weighted by Crippen LogP contribution is 2.21. The van der Waals surface area contributed by atoms with E-state index in [0.717, 1.165) is 24.2 Å². The van der Waals surface area contributed by atoms with Gasteiger partial charge in [-0.15, -0.1) is 0 Å². The number of aryl methyl sites for hydroxylation is 1. The molecule has 0 aliphatic carbocycles. The van der Waals surface area contributed by atoms with Crippen molar-refractivity contribution in [1.82, 2.24) is 0 Å². The summed E-state index contributed by atoms with van der Waals surface area (Å²) < 4.78 is 0. The van der Waals surface area contributed by atoms with Crippen molar-refractivity contribution in [3.05, 3.63) is 35.4 Å². The van der Waals surface area contributed by atoms with Crippen LogP contribution < -0.4 is 4.90 Å². The molecule has 19 heavy (non-hydrogen) atoms. The molecule has 0 amide bonds. The normalized spacial score (nSPS) is 11.2. The molecule has 0 saturated heterocycles. The molecular weight excluding hydrogens is 238 g/mol.